The second-order valence-electron chi connectivity index (χ2n) is 6.83. The van der Waals surface area contributed by atoms with E-state index in [4.69, 9.17) is 5.73 Å². The molecule has 22 heavy (non-hydrogen) atoms. The predicted octanol–water partition coefficient (Wildman–Crippen LogP) is 6.84. The summed E-state index contributed by atoms with van der Waals surface area (Å²) in [6.45, 7) is 2.28. The summed E-state index contributed by atoms with van der Waals surface area (Å²) in [6, 6.07) is 0. The number of unbranched alkanes of at least 4 members (excludes halogenated alkanes) is 16. The topological polar surface area (TPSA) is 40.9 Å². The second kappa shape index (κ2) is 18.5. The van der Waals surface area contributed by atoms with Gasteiger partial charge in [0.25, 0.3) is 0 Å². The number of hydrogen-bond acceptors (Lipinski definition) is 1. The van der Waals surface area contributed by atoms with Crippen molar-refractivity contribution in [2.75, 3.05) is 0 Å². The molecule has 0 aromatic rings. The lowest BCUT2D eigenvalue weighted by Gasteiger charge is -2.03. The van der Waals surface area contributed by atoms with Gasteiger partial charge in [-0.25, -0.2) is 0 Å². The van der Waals surface area contributed by atoms with Gasteiger partial charge in [-0.15, -0.1) is 0 Å². The van der Waals surface area contributed by atoms with Crippen LogP contribution in [0.5, 0.6) is 0 Å². The molecule has 1 radical (unpaired) electrons. The first kappa shape index (κ1) is 21.5. The number of nitrogens with one attached hydrogen (secondary N) is 1. The Labute approximate surface area is 139 Å². The maximum atomic E-state index is 10.5. The molecule has 0 spiro atoms. The van der Waals surface area contributed by atoms with Crippen molar-refractivity contribution in [2.45, 2.75) is 122 Å². The summed E-state index contributed by atoms with van der Waals surface area (Å²) in [5.74, 6) is -0.402. The first-order chi connectivity index (χ1) is 10.8. The van der Waals surface area contributed by atoms with E-state index in [1.807, 2.05) is 0 Å². The fourth-order valence-corrected chi connectivity index (χ4v) is 3.01. The number of amides is 1. The third-order valence-electron chi connectivity index (χ3n) is 4.51. The van der Waals surface area contributed by atoms with Gasteiger partial charge in [0.1, 0.15) is 0 Å². The molecule has 2 heteroatoms. The van der Waals surface area contributed by atoms with Gasteiger partial charge < -0.3 is 0 Å². The lowest BCUT2D eigenvalue weighted by atomic mass is 10.0. The van der Waals surface area contributed by atoms with E-state index in [-0.39, 0.29) is 0 Å². The van der Waals surface area contributed by atoms with Gasteiger partial charge in [0.15, 0.2) is 0 Å². The zero-order chi connectivity index (χ0) is 16.3. The summed E-state index contributed by atoms with van der Waals surface area (Å²) < 4.78 is 0. The average molecular weight is 311 g/mol. The summed E-state index contributed by atoms with van der Waals surface area (Å²) >= 11 is 0. The van der Waals surface area contributed by atoms with E-state index >= 15 is 0 Å². The highest BCUT2D eigenvalue weighted by atomic mass is 16.1. The van der Waals surface area contributed by atoms with Crippen LogP contribution in [-0.2, 0) is 4.79 Å². The molecule has 0 saturated heterocycles. The van der Waals surface area contributed by atoms with E-state index in [9.17, 15) is 4.79 Å². The standard InChI is InChI=1S/C20H40NO/c1-2-3-4-5-6-7-8-9-10-11-12-13-14-15-16-17-18-19-20(21)22/h21H,2-19H2,1H3. The highest BCUT2D eigenvalue weighted by Crippen LogP contribution is 2.14. The molecule has 0 aliphatic rings. The molecule has 0 atom stereocenters. The second-order valence-corrected chi connectivity index (χ2v) is 6.83. The normalized spacial score (nSPS) is 11.0. The summed E-state index contributed by atoms with van der Waals surface area (Å²) in [7, 11) is 0. The molecule has 1 amide bonds. The minimum Gasteiger partial charge on any atom is -0.273 e. The Morgan fingerprint density at radius 1 is 0.545 bits per heavy atom. The summed E-state index contributed by atoms with van der Waals surface area (Å²) in [4.78, 5) is 10.5. The van der Waals surface area contributed by atoms with Gasteiger partial charge in [-0.2, -0.15) is 0 Å². The van der Waals surface area contributed by atoms with Crippen LogP contribution in [0.3, 0.4) is 0 Å². The maximum Gasteiger partial charge on any atom is 0.238 e. The minimum absolute atomic E-state index is 0.402. The van der Waals surface area contributed by atoms with Crippen LogP contribution in [0.15, 0.2) is 0 Å². The van der Waals surface area contributed by atoms with E-state index in [0.29, 0.717) is 6.42 Å². The SMILES string of the molecule is CCCCCCCCCCCCCCCCCCCC([NH])=O. The van der Waals surface area contributed by atoms with Crippen LogP contribution < -0.4 is 5.73 Å². The van der Waals surface area contributed by atoms with Crippen LogP contribution in [0.2, 0.25) is 0 Å². The molecule has 0 aromatic heterocycles. The fourth-order valence-electron chi connectivity index (χ4n) is 3.01. The van der Waals surface area contributed by atoms with E-state index in [0.717, 1.165) is 12.8 Å². The quantitative estimate of drug-likeness (QED) is 0.255. The van der Waals surface area contributed by atoms with Gasteiger partial charge >= 0.3 is 0 Å². The smallest absolute Gasteiger partial charge is 0.238 e. The van der Waals surface area contributed by atoms with Crippen molar-refractivity contribution in [1.82, 2.24) is 5.73 Å². The molecule has 131 valence electrons. The van der Waals surface area contributed by atoms with Gasteiger partial charge in [-0.1, -0.05) is 110 Å². The summed E-state index contributed by atoms with van der Waals surface area (Å²) in [5, 5.41) is 0. The van der Waals surface area contributed by atoms with Gasteiger partial charge in [-0.3, -0.25) is 10.5 Å². The van der Waals surface area contributed by atoms with E-state index in [1.165, 1.54) is 96.3 Å². The minimum atomic E-state index is -0.402. The first-order valence-corrected chi connectivity index (χ1v) is 10.0. The van der Waals surface area contributed by atoms with Crippen LogP contribution in [0.1, 0.15) is 122 Å². The Balaban J connectivity index is 2.95. The van der Waals surface area contributed by atoms with Crippen LogP contribution in [0.4, 0.5) is 0 Å². The highest BCUT2D eigenvalue weighted by Gasteiger charge is 1.96. The van der Waals surface area contributed by atoms with Gasteiger partial charge in [0, 0.05) is 6.42 Å². The zero-order valence-corrected chi connectivity index (χ0v) is 15.1. The van der Waals surface area contributed by atoms with Crippen LogP contribution >= 0.6 is 0 Å². The van der Waals surface area contributed by atoms with Crippen molar-refractivity contribution in [3.63, 3.8) is 0 Å². The molecule has 0 unspecified atom stereocenters. The molecule has 0 aromatic carbocycles. The first-order valence-electron chi connectivity index (χ1n) is 10.0. The monoisotopic (exact) mass is 310 g/mol. The van der Waals surface area contributed by atoms with Crippen LogP contribution in [0.25, 0.3) is 0 Å². The van der Waals surface area contributed by atoms with Crippen LogP contribution in [-0.4, -0.2) is 5.91 Å². The largest absolute Gasteiger partial charge is 0.273 e. The highest BCUT2D eigenvalue weighted by molar-refractivity contribution is 5.72. The van der Waals surface area contributed by atoms with Crippen molar-refractivity contribution in [2.24, 2.45) is 0 Å². The van der Waals surface area contributed by atoms with Crippen molar-refractivity contribution in [1.29, 1.82) is 0 Å². The molecule has 0 fully saturated rings. The zero-order valence-electron chi connectivity index (χ0n) is 15.1. The molecule has 0 aliphatic heterocycles. The molecule has 0 saturated carbocycles. The molecule has 1 N–H and O–H groups in total. The number of carbonyl (C=O) groups is 1. The van der Waals surface area contributed by atoms with E-state index in [2.05, 4.69) is 6.92 Å². The number of carbonyl (C=O) groups excluding carboxylic acids is 1. The fraction of sp³-hybridized carbons (Fsp3) is 0.950. The summed E-state index contributed by atoms with van der Waals surface area (Å²) in [5.41, 5.74) is 6.83. The lowest BCUT2D eigenvalue weighted by Crippen LogP contribution is -1.96. The Hall–Kier alpha value is -0.530. The molecular formula is C20H40NO. The third-order valence-corrected chi connectivity index (χ3v) is 4.51. The molecule has 0 bridgehead atoms. The Bertz CT molecular complexity index is 228. The molecule has 0 heterocycles. The molecule has 2 nitrogen and oxygen atoms in total. The van der Waals surface area contributed by atoms with E-state index in [1.54, 1.807) is 0 Å². The Morgan fingerprint density at radius 3 is 1.09 bits per heavy atom. The molecule has 0 rings (SSSR count). The van der Waals surface area contributed by atoms with E-state index < -0.39 is 5.91 Å². The number of rotatable bonds is 18. The van der Waals surface area contributed by atoms with Crippen molar-refractivity contribution >= 4 is 5.91 Å². The number of hydrogen-bond donors (Lipinski definition) is 0. The van der Waals surface area contributed by atoms with Crippen LogP contribution in [0, 0.1) is 0 Å². The Morgan fingerprint density at radius 2 is 0.818 bits per heavy atom. The Kier molecular flexibility index (Phi) is 18.1. The molecule has 0 aliphatic carbocycles. The van der Waals surface area contributed by atoms with Gasteiger partial charge in [0.05, 0.1) is 0 Å². The average Bonchev–Trinajstić information content (AvgIpc) is 2.50. The lowest BCUT2D eigenvalue weighted by molar-refractivity contribution is -0.118. The third kappa shape index (κ3) is 19.5. The maximum absolute atomic E-state index is 10.5. The van der Waals surface area contributed by atoms with Crippen molar-refractivity contribution < 1.29 is 4.79 Å². The van der Waals surface area contributed by atoms with Gasteiger partial charge in [0.2, 0.25) is 5.91 Å². The predicted molar refractivity (Wildman–Crippen MR) is 96.9 cm³/mol. The molecular weight excluding hydrogens is 270 g/mol. The van der Waals surface area contributed by atoms with Crippen molar-refractivity contribution in [3.8, 4) is 0 Å². The summed E-state index contributed by atoms with van der Waals surface area (Å²) in [6.07, 6.45) is 23.5. The van der Waals surface area contributed by atoms with Crippen molar-refractivity contribution in [3.05, 3.63) is 0 Å². The van der Waals surface area contributed by atoms with Gasteiger partial charge in [-0.05, 0) is 6.42 Å².